The Kier molecular flexibility index (Phi) is 9.99. The van der Waals surface area contributed by atoms with Crippen molar-refractivity contribution in [3.05, 3.63) is 102 Å². The van der Waals surface area contributed by atoms with Gasteiger partial charge in [-0.15, -0.1) is 0 Å². The first-order valence-electron chi connectivity index (χ1n) is 22.3. The molecular weight excluding hydrogens is 950 g/mol. The molecule has 0 saturated heterocycles. The van der Waals surface area contributed by atoms with Gasteiger partial charge in [0.25, 0.3) is 0 Å². The van der Waals surface area contributed by atoms with Crippen LogP contribution in [0.5, 0.6) is 86.2 Å². The maximum Gasteiger partial charge on any atom is 0.204 e. The number of furan rings is 1. The average molecular weight is 987 g/mol. The summed E-state index contributed by atoms with van der Waals surface area (Å²) in [5.41, 5.74) is -1.33. The molecule has 0 aliphatic carbocycles. The molecule has 0 aliphatic rings. The van der Waals surface area contributed by atoms with Crippen LogP contribution in [0.15, 0.2) is 95.4 Å². The topological polar surface area (TPSA) is 317 Å². The Morgan fingerprint density at radius 3 is 1.36 bits per heavy atom. The zero-order valence-corrected chi connectivity index (χ0v) is 38.4. The fraction of sp³-hybridized carbons (Fsp3) is 0.0357. The maximum absolute atomic E-state index is 12.2. The van der Waals surface area contributed by atoms with E-state index in [2.05, 4.69) is 0 Å². The van der Waals surface area contributed by atoms with Crippen molar-refractivity contribution in [2.75, 3.05) is 0 Å². The molecule has 0 spiro atoms. The second kappa shape index (κ2) is 16.0. The van der Waals surface area contributed by atoms with Gasteiger partial charge in [-0.2, -0.15) is 0 Å². The van der Waals surface area contributed by atoms with Crippen molar-refractivity contribution < 1.29 is 81.0 Å². The van der Waals surface area contributed by atoms with E-state index in [1.165, 1.54) is 13.8 Å². The van der Waals surface area contributed by atoms with Gasteiger partial charge in [0.2, 0.25) is 23.0 Å². The van der Waals surface area contributed by atoms with E-state index in [1.54, 1.807) is 24.3 Å². The lowest BCUT2D eigenvalue weighted by Crippen LogP contribution is -2.12. The van der Waals surface area contributed by atoms with Crippen molar-refractivity contribution >= 4 is 80.9 Å². The van der Waals surface area contributed by atoms with Crippen LogP contribution in [-0.2, 0) is 0 Å². The number of phenols is 15. The molecule has 4 radical (unpaired) electrons. The SMILES string of the molecule is [B]c1c(O)c(-c2c(O)c([B])c3c(O)c(O)c(O)c(C)c3c2O)c(O)c(O)c1-c1c2c(O)c(O)c(O)c(C)c2c(-c2ccc(-c3ccccc3-c3cccc4oc5ccccc5c34)cc2)c2c(O)c(O)c(O)c(O)c12. The molecule has 18 heteroatoms. The van der Waals surface area contributed by atoms with E-state index in [0.717, 1.165) is 27.5 Å². The van der Waals surface area contributed by atoms with Crippen LogP contribution < -0.4 is 10.9 Å². The van der Waals surface area contributed by atoms with E-state index >= 15 is 0 Å². The third-order valence-corrected chi connectivity index (χ3v) is 14.0. The quantitative estimate of drug-likeness (QED) is 0.0331. The summed E-state index contributed by atoms with van der Waals surface area (Å²) in [5, 5.41) is 170. The molecule has 0 bridgehead atoms. The van der Waals surface area contributed by atoms with Gasteiger partial charge in [-0.3, -0.25) is 0 Å². The third kappa shape index (κ3) is 5.98. The maximum atomic E-state index is 12.2. The fourth-order valence-electron chi connectivity index (χ4n) is 10.5. The Hall–Kier alpha value is -10.1. The van der Waals surface area contributed by atoms with Crippen LogP contribution >= 0.6 is 0 Å². The van der Waals surface area contributed by atoms with Gasteiger partial charge in [-0.05, 0) is 64.7 Å². The Morgan fingerprint density at radius 1 is 0.284 bits per heavy atom. The molecular formula is C56H36B2O16. The zero-order valence-electron chi connectivity index (χ0n) is 38.4. The van der Waals surface area contributed by atoms with E-state index in [0.29, 0.717) is 16.7 Å². The van der Waals surface area contributed by atoms with Crippen LogP contribution in [0.2, 0.25) is 0 Å². The number of rotatable bonds is 5. The summed E-state index contributed by atoms with van der Waals surface area (Å²) < 4.78 is 6.17. The first-order chi connectivity index (χ1) is 35.2. The molecule has 0 saturated carbocycles. The molecule has 0 aliphatic heterocycles. The number of hydrogen-bond donors (Lipinski definition) is 15. The highest BCUT2D eigenvalue weighted by atomic mass is 16.4. The standard InChI is InChI=1S/C56H36B2O16/c1-18-28-30(21-16-14-20(15-17-21)22-8-3-4-9-23(22)24-11-7-13-27-31(24)25-10-5-6-12-26(25)74-27)34-35(49(66)56(73)55(72)48(34)65)32(33(28)47(64)53(70)42(18)59)37-41(58)46(63)39(52(69)50(37)67)38-44(61)29-19(2)43(60)54(71)51(68)36(29)40(57)45(38)62/h3-17,59-73H,1-2H3. The minimum atomic E-state index is -1.40. The fourth-order valence-corrected chi connectivity index (χ4v) is 10.5. The lowest BCUT2D eigenvalue weighted by Gasteiger charge is -2.26. The lowest BCUT2D eigenvalue weighted by molar-refractivity contribution is 0.351. The van der Waals surface area contributed by atoms with Gasteiger partial charge in [0.15, 0.2) is 46.0 Å². The van der Waals surface area contributed by atoms with Crippen molar-refractivity contribution in [1.29, 1.82) is 0 Å². The van der Waals surface area contributed by atoms with Crippen LogP contribution in [0.3, 0.4) is 0 Å². The Bertz CT molecular complexity index is 4240. The van der Waals surface area contributed by atoms with E-state index in [1.807, 2.05) is 66.7 Å². The summed E-state index contributed by atoms with van der Waals surface area (Å²) >= 11 is 0. The average Bonchev–Trinajstić information content (AvgIpc) is 3.79. The number of aromatic hydroxyl groups is 15. The molecule has 1 heterocycles. The molecule has 0 unspecified atom stereocenters. The largest absolute Gasteiger partial charge is 0.508 e. The van der Waals surface area contributed by atoms with Crippen molar-refractivity contribution in [2.24, 2.45) is 0 Å². The molecule has 10 aromatic carbocycles. The molecule has 362 valence electrons. The molecule has 74 heavy (non-hydrogen) atoms. The summed E-state index contributed by atoms with van der Waals surface area (Å²) in [4.78, 5) is 0. The summed E-state index contributed by atoms with van der Waals surface area (Å²) in [5.74, 6) is -17.4. The normalized spacial score (nSPS) is 11.8. The number of para-hydroxylation sites is 1. The van der Waals surface area contributed by atoms with Crippen LogP contribution in [0, 0.1) is 13.8 Å². The van der Waals surface area contributed by atoms with Crippen LogP contribution in [-0.4, -0.2) is 92.3 Å². The first kappa shape index (κ1) is 46.3. The van der Waals surface area contributed by atoms with Crippen LogP contribution in [0.4, 0.5) is 0 Å². The van der Waals surface area contributed by atoms with Gasteiger partial charge in [0.1, 0.15) is 44.1 Å². The summed E-state index contributed by atoms with van der Waals surface area (Å²) in [6.45, 7) is 2.48. The van der Waals surface area contributed by atoms with E-state index in [9.17, 15) is 76.6 Å². The van der Waals surface area contributed by atoms with E-state index in [4.69, 9.17) is 20.1 Å². The van der Waals surface area contributed by atoms with Crippen LogP contribution in [0.1, 0.15) is 11.1 Å². The predicted octanol–water partition coefficient (Wildman–Crippen LogP) is 9.17. The van der Waals surface area contributed by atoms with E-state index in [-0.39, 0.29) is 27.6 Å². The second-order valence-corrected chi connectivity index (χ2v) is 17.8. The minimum Gasteiger partial charge on any atom is -0.508 e. The number of phenolic OH excluding ortho intramolecular Hbond substituents is 15. The van der Waals surface area contributed by atoms with Gasteiger partial charge < -0.3 is 81.0 Å². The number of fused-ring (bicyclic) bond motifs is 6. The zero-order chi connectivity index (χ0) is 52.8. The van der Waals surface area contributed by atoms with Gasteiger partial charge >= 0.3 is 0 Å². The van der Waals surface area contributed by atoms with Crippen molar-refractivity contribution in [2.45, 2.75) is 13.8 Å². The Labute approximate surface area is 418 Å². The van der Waals surface area contributed by atoms with Gasteiger partial charge in [0.05, 0.1) is 11.1 Å². The molecule has 1 aromatic heterocycles. The lowest BCUT2D eigenvalue weighted by atomic mass is 9.76. The molecule has 0 amide bonds. The van der Waals surface area contributed by atoms with Crippen LogP contribution in [0.25, 0.3) is 110 Å². The molecule has 0 atom stereocenters. The monoisotopic (exact) mass is 986 g/mol. The minimum absolute atomic E-state index is 0.156. The smallest absolute Gasteiger partial charge is 0.204 e. The highest BCUT2D eigenvalue weighted by Crippen LogP contribution is 2.63. The Morgan fingerprint density at radius 2 is 0.730 bits per heavy atom. The van der Waals surface area contributed by atoms with Gasteiger partial charge in [-0.25, -0.2) is 0 Å². The number of benzene rings is 10. The van der Waals surface area contributed by atoms with Crippen molar-refractivity contribution in [1.82, 2.24) is 0 Å². The third-order valence-electron chi connectivity index (χ3n) is 14.0. The van der Waals surface area contributed by atoms with Crippen molar-refractivity contribution in [3.63, 3.8) is 0 Å². The number of aryl methyl sites for hydroxylation is 2. The number of hydrogen-bond acceptors (Lipinski definition) is 16. The van der Waals surface area contributed by atoms with Crippen molar-refractivity contribution in [3.8, 4) is 142 Å². The summed E-state index contributed by atoms with van der Waals surface area (Å²) in [6, 6.07) is 27.6. The molecule has 0 fully saturated rings. The van der Waals surface area contributed by atoms with Gasteiger partial charge in [0, 0.05) is 70.9 Å². The highest BCUT2D eigenvalue weighted by Gasteiger charge is 2.36. The second-order valence-electron chi connectivity index (χ2n) is 17.8. The highest BCUT2D eigenvalue weighted by molar-refractivity contribution is 6.45. The summed E-state index contributed by atoms with van der Waals surface area (Å²) in [7, 11) is 12.8. The molecule has 11 aromatic rings. The first-order valence-corrected chi connectivity index (χ1v) is 22.3. The summed E-state index contributed by atoms with van der Waals surface area (Å²) in [6.07, 6.45) is 0. The van der Waals surface area contributed by atoms with Gasteiger partial charge in [-0.1, -0.05) is 78.9 Å². The van der Waals surface area contributed by atoms with E-state index < -0.39 is 146 Å². The molecule has 11 rings (SSSR count). The predicted molar refractivity (Wildman–Crippen MR) is 279 cm³/mol. The molecule has 16 nitrogen and oxygen atoms in total. The molecule has 15 N–H and O–H groups in total. The Balaban J connectivity index is 1.20.